The van der Waals surface area contributed by atoms with Gasteiger partial charge in [0.1, 0.15) is 11.5 Å². The summed E-state index contributed by atoms with van der Waals surface area (Å²) in [5.41, 5.74) is 4.36. The zero-order valence-corrected chi connectivity index (χ0v) is 39.3. The van der Waals surface area contributed by atoms with Gasteiger partial charge in [-0.05, 0) is 142 Å². The average Bonchev–Trinajstić information content (AvgIpc) is 3.36. The van der Waals surface area contributed by atoms with E-state index in [4.69, 9.17) is 32.7 Å². The van der Waals surface area contributed by atoms with Crippen LogP contribution in [-0.4, -0.2) is 29.9 Å². The minimum absolute atomic E-state index is 0.146. The first-order chi connectivity index (χ1) is 33.9. The van der Waals surface area contributed by atoms with Gasteiger partial charge in [-0.25, -0.2) is 29.9 Å². The second-order valence-corrected chi connectivity index (χ2v) is 17.4. The number of benzene rings is 9. The lowest BCUT2D eigenvalue weighted by Crippen LogP contribution is -2.04. The molecule has 0 fully saturated rings. The van der Waals surface area contributed by atoms with Crippen LogP contribution in [-0.2, 0) is 6.18 Å². The Hall–Kier alpha value is -7.97. The summed E-state index contributed by atoms with van der Waals surface area (Å²) in [4.78, 5) is 26.8. The Balaban J connectivity index is 0.000000122. The topological polar surface area (TPSA) is 108 Å². The predicted molar refractivity (Wildman–Crippen MR) is 277 cm³/mol. The Labute approximate surface area is 415 Å². The highest BCUT2D eigenvalue weighted by molar-refractivity contribution is 9.10. The molecule has 0 atom stereocenters. The molecular formula is C55H33BrCl2F3N7O2. The number of aromatic nitrogens is 6. The Morgan fingerprint density at radius 1 is 0.443 bits per heavy atom. The lowest BCUT2D eigenvalue weighted by Gasteiger charge is -2.11. The van der Waals surface area contributed by atoms with E-state index in [2.05, 4.69) is 75.4 Å². The molecule has 0 aliphatic heterocycles. The predicted octanol–water partition coefficient (Wildman–Crippen LogP) is 16.8. The summed E-state index contributed by atoms with van der Waals surface area (Å²) >= 11 is 15.5. The van der Waals surface area contributed by atoms with E-state index in [0.29, 0.717) is 39.3 Å². The summed E-state index contributed by atoms with van der Waals surface area (Å²) in [5, 5.41) is 10.4. The maximum absolute atomic E-state index is 12.6. The standard InChI is InChI=1S/C19H11ClF3N3.C18H11BrN2O.C18H11ClN2O/c20-17-18(24-14-7-5-13(6-8-14)19(21,22)23)26-16-10-12-4-2-1-3-11(12)9-15(16)25-17;2*19-14-5-7-15(8-6-14)22-18-11-20-16-9-12-3-1-2-4-13(12)10-17(16)21-18/h1-10H,(H,24,26);2*1-11H. The molecule has 9 aromatic carbocycles. The molecule has 70 heavy (non-hydrogen) atoms. The quantitative estimate of drug-likeness (QED) is 0.163. The third-order valence-corrected chi connectivity index (χ3v) is 11.9. The number of hydrogen-bond donors (Lipinski definition) is 1. The number of hydrogen-bond acceptors (Lipinski definition) is 9. The van der Waals surface area contributed by atoms with Crippen molar-refractivity contribution in [2.24, 2.45) is 0 Å². The summed E-state index contributed by atoms with van der Waals surface area (Å²) in [5.74, 6) is 2.65. The van der Waals surface area contributed by atoms with Gasteiger partial charge in [0.05, 0.1) is 51.1 Å². The fourth-order valence-electron chi connectivity index (χ4n) is 7.39. The number of ether oxygens (including phenoxy) is 2. The zero-order chi connectivity index (χ0) is 48.2. The summed E-state index contributed by atoms with van der Waals surface area (Å²) in [6.45, 7) is 0. The molecule has 0 aliphatic carbocycles. The van der Waals surface area contributed by atoms with Crippen LogP contribution in [0.3, 0.4) is 0 Å². The van der Waals surface area contributed by atoms with Crippen LogP contribution in [0.25, 0.3) is 65.4 Å². The van der Waals surface area contributed by atoms with Gasteiger partial charge in [-0.15, -0.1) is 0 Å². The van der Waals surface area contributed by atoms with Crippen LogP contribution in [0.15, 0.2) is 199 Å². The number of anilines is 2. The monoisotopic (exact) mass is 1030 g/mol. The smallest absolute Gasteiger partial charge is 0.416 e. The molecule has 0 aliphatic rings. The molecule has 9 nitrogen and oxygen atoms in total. The maximum atomic E-state index is 12.6. The molecule has 15 heteroatoms. The fourth-order valence-corrected chi connectivity index (χ4v) is 7.96. The van der Waals surface area contributed by atoms with Crippen LogP contribution in [0.4, 0.5) is 24.7 Å². The first kappa shape index (κ1) is 45.8. The van der Waals surface area contributed by atoms with Crippen LogP contribution in [0.1, 0.15) is 5.56 Å². The lowest BCUT2D eigenvalue weighted by molar-refractivity contribution is -0.137. The molecular weight excluding hydrogens is 998 g/mol. The molecule has 0 saturated heterocycles. The summed E-state index contributed by atoms with van der Waals surface area (Å²) in [6.07, 6.45) is -1.09. The molecule has 0 spiro atoms. The van der Waals surface area contributed by atoms with Crippen LogP contribution in [0.2, 0.25) is 10.2 Å². The largest absolute Gasteiger partial charge is 0.437 e. The van der Waals surface area contributed by atoms with Gasteiger partial charge in [-0.2, -0.15) is 13.2 Å². The Kier molecular flexibility index (Phi) is 13.0. The molecule has 0 saturated carbocycles. The van der Waals surface area contributed by atoms with Crippen molar-refractivity contribution in [1.29, 1.82) is 0 Å². The number of nitrogens with one attached hydrogen (secondary N) is 1. The van der Waals surface area contributed by atoms with Crippen molar-refractivity contribution >= 4 is 116 Å². The first-order valence-electron chi connectivity index (χ1n) is 21.4. The van der Waals surface area contributed by atoms with Crippen molar-refractivity contribution in [3.8, 4) is 23.3 Å². The molecule has 12 rings (SSSR count). The van der Waals surface area contributed by atoms with Gasteiger partial charge in [0, 0.05) is 15.2 Å². The average molecular weight is 1030 g/mol. The van der Waals surface area contributed by atoms with Gasteiger partial charge >= 0.3 is 6.18 Å². The van der Waals surface area contributed by atoms with Crippen molar-refractivity contribution in [2.45, 2.75) is 6.18 Å². The van der Waals surface area contributed by atoms with Gasteiger partial charge in [-0.1, -0.05) is 112 Å². The molecule has 3 heterocycles. The highest BCUT2D eigenvalue weighted by atomic mass is 79.9. The van der Waals surface area contributed by atoms with Crippen molar-refractivity contribution in [2.75, 3.05) is 5.32 Å². The highest BCUT2D eigenvalue weighted by Crippen LogP contribution is 2.33. The fraction of sp³-hybridized carbons (Fsp3) is 0.0182. The van der Waals surface area contributed by atoms with E-state index in [-0.39, 0.29) is 11.0 Å². The van der Waals surface area contributed by atoms with E-state index < -0.39 is 11.7 Å². The molecule has 342 valence electrons. The lowest BCUT2D eigenvalue weighted by atomic mass is 10.1. The van der Waals surface area contributed by atoms with Crippen LogP contribution in [0, 0.1) is 0 Å². The molecule has 12 aromatic rings. The number of fused-ring (bicyclic) bond motifs is 6. The normalized spacial score (nSPS) is 11.3. The maximum Gasteiger partial charge on any atom is 0.416 e. The van der Waals surface area contributed by atoms with E-state index in [9.17, 15) is 13.2 Å². The minimum Gasteiger partial charge on any atom is -0.437 e. The molecule has 3 aromatic heterocycles. The van der Waals surface area contributed by atoms with Crippen LogP contribution >= 0.6 is 39.1 Å². The summed E-state index contributed by atoms with van der Waals surface area (Å²) in [7, 11) is 0. The van der Waals surface area contributed by atoms with Crippen molar-refractivity contribution in [1.82, 2.24) is 29.9 Å². The van der Waals surface area contributed by atoms with E-state index >= 15 is 0 Å². The van der Waals surface area contributed by atoms with Crippen LogP contribution in [0.5, 0.6) is 23.3 Å². The molecule has 0 radical (unpaired) electrons. The van der Waals surface area contributed by atoms with Gasteiger partial charge in [0.2, 0.25) is 11.8 Å². The first-order valence-corrected chi connectivity index (χ1v) is 23.0. The van der Waals surface area contributed by atoms with Crippen molar-refractivity contribution in [3.63, 3.8) is 0 Å². The Morgan fingerprint density at radius 2 is 0.829 bits per heavy atom. The second kappa shape index (κ2) is 19.9. The van der Waals surface area contributed by atoms with Crippen LogP contribution < -0.4 is 14.8 Å². The Bertz CT molecular complexity index is 3690. The molecule has 1 N–H and O–H groups in total. The SMILES string of the molecule is Brc1ccc(Oc2cnc3cc4ccccc4cc3n2)cc1.Clc1ccc(Oc2cnc3cc4ccccc4cc3n2)cc1.FC(F)(F)c1ccc(Nc2nc3cc4ccccc4cc3nc2Cl)cc1. The van der Waals surface area contributed by atoms with Gasteiger partial charge in [-0.3, -0.25) is 0 Å². The van der Waals surface area contributed by atoms with Gasteiger partial charge in [0.25, 0.3) is 0 Å². The molecule has 0 bridgehead atoms. The number of alkyl halides is 3. The van der Waals surface area contributed by atoms with Gasteiger partial charge in [0.15, 0.2) is 11.0 Å². The summed E-state index contributed by atoms with van der Waals surface area (Å²) < 4.78 is 50.4. The van der Waals surface area contributed by atoms with Crippen molar-refractivity contribution < 1.29 is 22.6 Å². The van der Waals surface area contributed by atoms with E-state index in [1.54, 1.807) is 36.7 Å². The van der Waals surface area contributed by atoms with E-state index in [1.165, 1.54) is 12.1 Å². The number of halogens is 6. The van der Waals surface area contributed by atoms with Gasteiger partial charge < -0.3 is 14.8 Å². The van der Waals surface area contributed by atoms with E-state index in [0.717, 1.165) is 76.7 Å². The third kappa shape index (κ3) is 10.8. The molecule has 0 unspecified atom stereocenters. The number of nitrogens with zero attached hydrogens (tertiary/aromatic N) is 6. The van der Waals surface area contributed by atoms with Crippen molar-refractivity contribution in [3.05, 3.63) is 215 Å². The number of rotatable bonds is 6. The zero-order valence-electron chi connectivity index (χ0n) is 36.2. The minimum atomic E-state index is -4.38. The second-order valence-electron chi connectivity index (χ2n) is 15.7. The third-order valence-electron chi connectivity index (χ3n) is 10.8. The molecule has 0 amide bonds. The Morgan fingerprint density at radius 3 is 1.26 bits per heavy atom. The van der Waals surface area contributed by atoms with E-state index in [1.807, 2.05) is 109 Å². The summed E-state index contributed by atoms with van der Waals surface area (Å²) in [6, 6.07) is 55.5. The highest BCUT2D eigenvalue weighted by Gasteiger charge is 2.30.